The number of rotatable bonds is 8. The van der Waals surface area contributed by atoms with Gasteiger partial charge in [-0.2, -0.15) is 23.5 Å². The van der Waals surface area contributed by atoms with Gasteiger partial charge in [-0.1, -0.05) is 0 Å². The van der Waals surface area contributed by atoms with E-state index in [1.54, 1.807) is 17.2 Å². The normalized spacial score (nSPS) is 19.2. The van der Waals surface area contributed by atoms with Crippen LogP contribution < -0.4 is 15.4 Å². The molecule has 0 aromatic carbocycles. The monoisotopic (exact) mass is 491 g/mol. The van der Waals surface area contributed by atoms with Gasteiger partial charge in [0.1, 0.15) is 17.5 Å². The number of hydrogen-bond donors (Lipinski definition) is 1. The zero-order chi connectivity index (χ0) is 24.8. The second kappa shape index (κ2) is 11.0. The van der Waals surface area contributed by atoms with Crippen molar-refractivity contribution in [3.63, 3.8) is 0 Å². The topological polar surface area (TPSA) is 101 Å². The molecule has 0 spiro atoms. The first kappa shape index (κ1) is 24.9. The van der Waals surface area contributed by atoms with E-state index in [1.165, 1.54) is 0 Å². The maximum Gasteiger partial charge on any atom is 0.423 e. The van der Waals surface area contributed by atoms with Gasteiger partial charge in [0.15, 0.2) is 0 Å². The van der Waals surface area contributed by atoms with Crippen LogP contribution >= 0.6 is 0 Å². The number of halogens is 3. The number of hydrogen-bond acceptors (Lipinski definition) is 8. The summed E-state index contributed by atoms with van der Waals surface area (Å²) in [6.45, 7) is 5.63. The Balaban J connectivity index is 1.20. The molecule has 1 atom stereocenters. The molecular formula is C23H28F3N7O2. The van der Waals surface area contributed by atoms with Gasteiger partial charge in [-0.15, -0.1) is 0 Å². The first-order valence-corrected chi connectivity index (χ1v) is 11.7. The molecular weight excluding hydrogens is 463 g/mol. The second-order valence-corrected chi connectivity index (χ2v) is 8.69. The summed E-state index contributed by atoms with van der Waals surface area (Å²) < 4.78 is 46.2. The molecule has 2 aromatic heterocycles. The van der Waals surface area contributed by atoms with Gasteiger partial charge in [0.25, 0.3) is 5.56 Å². The molecule has 35 heavy (non-hydrogen) atoms. The molecule has 0 unspecified atom stereocenters. The summed E-state index contributed by atoms with van der Waals surface area (Å²) in [4.78, 5) is 22.3. The number of nitriles is 1. The van der Waals surface area contributed by atoms with Gasteiger partial charge >= 0.3 is 6.18 Å². The number of nitrogens with zero attached hydrogens (tertiary/aromatic N) is 6. The summed E-state index contributed by atoms with van der Waals surface area (Å²) in [6, 6.07) is 5.58. The SMILES string of the molecule is N#Cc1ccc(N2CCN(CCOCC[C@@H]3CCCN3c3cn[nH]c(=O)c3C(F)(F)F)CC2)nc1. The minimum Gasteiger partial charge on any atom is -0.380 e. The highest BCUT2D eigenvalue weighted by Crippen LogP contribution is 2.36. The van der Waals surface area contributed by atoms with E-state index >= 15 is 0 Å². The maximum absolute atomic E-state index is 13.4. The van der Waals surface area contributed by atoms with Crippen molar-refractivity contribution >= 4 is 11.5 Å². The minimum atomic E-state index is -4.74. The van der Waals surface area contributed by atoms with Gasteiger partial charge < -0.3 is 14.5 Å². The number of aromatic amines is 1. The molecule has 12 heteroatoms. The van der Waals surface area contributed by atoms with Crippen molar-refractivity contribution in [3.8, 4) is 6.07 Å². The van der Waals surface area contributed by atoms with Crippen molar-refractivity contribution < 1.29 is 17.9 Å². The lowest BCUT2D eigenvalue weighted by Crippen LogP contribution is -2.47. The summed E-state index contributed by atoms with van der Waals surface area (Å²) in [5.74, 6) is 0.866. The van der Waals surface area contributed by atoms with E-state index in [9.17, 15) is 18.0 Å². The van der Waals surface area contributed by atoms with Crippen molar-refractivity contribution in [2.45, 2.75) is 31.5 Å². The Morgan fingerprint density at radius 3 is 2.63 bits per heavy atom. The van der Waals surface area contributed by atoms with Gasteiger partial charge in [-0.05, 0) is 31.4 Å². The van der Waals surface area contributed by atoms with Gasteiger partial charge in [0.05, 0.1) is 24.1 Å². The van der Waals surface area contributed by atoms with Crippen molar-refractivity contribution in [3.05, 3.63) is 46.0 Å². The van der Waals surface area contributed by atoms with Crippen molar-refractivity contribution in [1.29, 1.82) is 5.26 Å². The Hall–Kier alpha value is -3.17. The smallest absolute Gasteiger partial charge is 0.380 e. The average molecular weight is 492 g/mol. The number of nitrogens with one attached hydrogen (secondary N) is 1. The van der Waals surface area contributed by atoms with Gasteiger partial charge in [-0.25, -0.2) is 10.1 Å². The van der Waals surface area contributed by atoms with E-state index in [0.717, 1.165) is 57.6 Å². The number of anilines is 2. The predicted molar refractivity (Wildman–Crippen MR) is 123 cm³/mol. The third-order valence-corrected chi connectivity index (χ3v) is 6.53. The van der Waals surface area contributed by atoms with Crippen LogP contribution in [0.25, 0.3) is 0 Å². The fourth-order valence-corrected chi connectivity index (χ4v) is 4.69. The fourth-order valence-electron chi connectivity index (χ4n) is 4.69. The molecule has 1 N–H and O–H groups in total. The lowest BCUT2D eigenvalue weighted by atomic mass is 10.1. The first-order valence-electron chi connectivity index (χ1n) is 11.7. The van der Waals surface area contributed by atoms with Crippen molar-refractivity contribution in [2.24, 2.45) is 0 Å². The molecule has 2 aliphatic heterocycles. The third-order valence-electron chi connectivity index (χ3n) is 6.53. The Bertz CT molecular complexity index is 1080. The molecule has 2 aliphatic rings. The van der Waals surface area contributed by atoms with Crippen LogP contribution in [0.5, 0.6) is 0 Å². The van der Waals surface area contributed by atoms with E-state index in [-0.39, 0.29) is 11.7 Å². The van der Waals surface area contributed by atoms with Crippen molar-refractivity contribution in [2.75, 3.05) is 62.3 Å². The molecule has 9 nitrogen and oxygen atoms in total. The van der Waals surface area contributed by atoms with E-state index in [0.29, 0.717) is 31.7 Å². The highest BCUT2D eigenvalue weighted by Gasteiger charge is 2.40. The molecule has 2 aromatic rings. The van der Waals surface area contributed by atoms with Crippen LogP contribution in [0.4, 0.5) is 24.7 Å². The Labute approximate surface area is 201 Å². The summed E-state index contributed by atoms with van der Waals surface area (Å²) in [5.41, 5.74) is -2.01. The molecule has 0 amide bonds. The Morgan fingerprint density at radius 2 is 1.94 bits per heavy atom. The predicted octanol–water partition coefficient (Wildman–Crippen LogP) is 2.25. The van der Waals surface area contributed by atoms with Crippen LogP contribution in [-0.2, 0) is 10.9 Å². The number of aromatic nitrogens is 3. The Kier molecular flexibility index (Phi) is 7.87. The molecule has 2 saturated heterocycles. The number of piperazine rings is 1. The van der Waals surface area contributed by atoms with E-state index < -0.39 is 17.3 Å². The summed E-state index contributed by atoms with van der Waals surface area (Å²) in [5, 5.41) is 14.4. The standard InChI is InChI=1S/C23H28F3N7O2/c24-23(25,26)21-19(16-29-30-22(21)34)33-6-1-2-18(33)5-12-35-13-11-31-7-9-32(10-8-31)20-4-3-17(14-27)15-28-20/h3-4,15-16,18H,1-2,5-13H2,(H,30,34)/t18-/m0/s1. The summed E-state index contributed by atoms with van der Waals surface area (Å²) >= 11 is 0. The molecule has 0 saturated carbocycles. The van der Waals surface area contributed by atoms with Gasteiger partial charge in [-0.3, -0.25) is 9.69 Å². The number of alkyl halides is 3. The highest BCUT2D eigenvalue weighted by molar-refractivity contribution is 5.53. The van der Waals surface area contributed by atoms with E-state index in [4.69, 9.17) is 10.00 Å². The van der Waals surface area contributed by atoms with Crippen LogP contribution in [0.2, 0.25) is 0 Å². The largest absolute Gasteiger partial charge is 0.423 e. The second-order valence-electron chi connectivity index (χ2n) is 8.69. The Morgan fingerprint density at radius 1 is 1.14 bits per heavy atom. The fraction of sp³-hybridized carbons (Fsp3) is 0.565. The van der Waals surface area contributed by atoms with Gasteiger partial charge in [0, 0.05) is 58.1 Å². The van der Waals surface area contributed by atoms with Gasteiger partial charge in [0.2, 0.25) is 0 Å². The van der Waals surface area contributed by atoms with Crippen LogP contribution in [0.15, 0.2) is 29.3 Å². The number of ether oxygens (including phenoxy) is 1. The average Bonchev–Trinajstić information content (AvgIpc) is 3.32. The molecule has 0 radical (unpaired) electrons. The molecule has 4 heterocycles. The summed E-state index contributed by atoms with van der Waals surface area (Å²) in [7, 11) is 0. The molecule has 4 rings (SSSR count). The lowest BCUT2D eigenvalue weighted by molar-refractivity contribution is -0.138. The molecule has 188 valence electrons. The summed E-state index contributed by atoms with van der Waals surface area (Å²) in [6.07, 6.45) is 0.0254. The first-order chi connectivity index (χ1) is 16.9. The van der Waals surface area contributed by atoms with E-state index in [2.05, 4.69) is 26.0 Å². The molecule has 0 aliphatic carbocycles. The lowest BCUT2D eigenvalue weighted by Gasteiger charge is -2.35. The van der Waals surface area contributed by atoms with Crippen molar-refractivity contribution in [1.82, 2.24) is 20.1 Å². The quantitative estimate of drug-likeness (QED) is 0.562. The highest BCUT2D eigenvalue weighted by atomic mass is 19.4. The maximum atomic E-state index is 13.4. The number of pyridine rings is 1. The third kappa shape index (κ3) is 6.10. The van der Waals surface area contributed by atoms with E-state index in [1.807, 2.05) is 11.2 Å². The van der Waals surface area contributed by atoms with Crippen LogP contribution in [0.1, 0.15) is 30.4 Å². The minimum absolute atomic E-state index is 0.122. The zero-order valence-electron chi connectivity index (χ0n) is 19.3. The molecule has 0 bridgehead atoms. The van der Waals surface area contributed by atoms with Crippen LogP contribution in [0, 0.1) is 11.3 Å². The van der Waals surface area contributed by atoms with Crippen LogP contribution in [0.3, 0.4) is 0 Å². The number of H-pyrrole nitrogens is 1. The van der Waals surface area contributed by atoms with Crippen LogP contribution in [-0.4, -0.2) is 78.6 Å². The zero-order valence-corrected chi connectivity index (χ0v) is 19.3. The molecule has 2 fully saturated rings.